The van der Waals surface area contributed by atoms with Gasteiger partial charge in [-0.05, 0) is 35.4 Å². The molecule has 10 nitrogen and oxygen atoms in total. The van der Waals surface area contributed by atoms with Gasteiger partial charge in [0.05, 0.1) is 10.2 Å². The maximum atomic E-state index is 12.8. The minimum absolute atomic E-state index is 0.0113. The summed E-state index contributed by atoms with van der Waals surface area (Å²) in [5.41, 5.74) is 1.60. The van der Waals surface area contributed by atoms with Gasteiger partial charge in [-0.25, -0.2) is 4.79 Å². The third kappa shape index (κ3) is 4.01. The van der Waals surface area contributed by atoms with E-state index >= 15 is 0 Å². The van der Waals surface area contributed by atoms with Crippen LogP contribution in [0.25, 0.3) is 0 Å². The minimum Gasteiger partial charge on any atom is -0.477 e. The van der Waals surface area contributed by atoms with Crippen LogP contribution in [-0.2, 0) is 16.6 Å². The molecular weight excluding hydrogens is 528 g/mol. The number of aliphatic carboxylic acids is 1. The van der Waals surface area contributed by atoms with Crippen molar-refractivity contribution in [2.45, 2.75) is 29.6 Å². The number of carbonyl (C=O) groups is 3. The molecule has 4 rings (SSSR count). The molecule has 0 saturated carbocycles. The normalized spacial score (nSPS) is 20.5. The predicted molar refractivity (Wildman–Crippen MR) is 120 cm³/mol. The molecule has 0 spiro atoms. The number of carboxylic acid groups (broad SMARTS) is 1. The first-order valence-electron chi connectivity index (χ1n) is 9.02. The van der Waals surface area contributed by atoms with E-state index in [0.717, 1.165) is 15.0 Å². The molecule has 2 atom stereocenters. The van der Waals surface area contributed by atoms with Crippen LogP contribution in [-0.4, -0.2) is 70.7 Å². The Morgan fingerprint density at radius 1 is 1.35 bits per heavy atom. The molecule has 4 heterocycles. The summed E-state index contributed by atoms with van der Waals surface area (Å²) in [7, 11) is 1.72. The van der Waals surface area contributed by atoms with Crippen molar-refractivity contribution in [2.24, 2.45) is 7.05 Å². The van der Waals surface area contributed by atoms with E-state index in [9.17, 15) is 19.5 Å². The molecule has 1 saturated heterocycles. The van der Waals surface area contributed by atoms with Gasteiger partial charge in [0.2, 0.25) is 0 Å². The zero-order valence-electron chi connectivity index (χ0n) is 16.6. The van der Waals surface area contributed by atoms with E-state index in [-0.39, 0.29) is 11.4 Å². The SMILES string of the molecule is Cc1nnc(SCC2=C(C(=O)O)N3C(=O)[C@@H](NC(=O)c4nn(C)c(C)c4Br)[C@H]3SC2)s1. The Morgan fingerprint density at radius 2 is 2.10 bits per heavy atom. The molecule has 0 aliphatic carbocycles. The second-order valence-electron chi connectivity index (χ2n) is 6.87. The summed E-state index contributed by atoms with van der Waals surface area (Å²) < 4.78 is 2.88. The van der Waals surface area contributed by atoms with Gasteiger partial charge in [0, 0.05) is 18.6 Å². The van der Waals surface area contributed by atoms with E-state index in [1.807, 2.05) is 13.8 Å². The number of carbonyl (C=O) groups excluding carboxylic acids is 2. The maximum absolute atomic E-state index is 12.8. The fourth-order valence-electron chi connectivity index (χ4n) is 3.22. The van der Waals surface area contributed by atoms with Crippen molar-refractivity contribution in [3.05, 3.63) is 32.1 Å². The quantitative estimate of drug-likeness (QED) is 0.412. The fraction of sp³-hybridized carbons (Fsp3) is 0.412. The number of hydrogen-bond donors (Lipinski definition) is 2. The zero-order valence-corrected chi connectivity index (χ0v) is 20.6. The van der Waals surface area contributed by atoms with Gasteiger partial charge in [0.1, 0.15) is 22.1 Å². The topological polar surface area (TPSA) is 130 Å². The van der Waals surface area contributed by atoms with Crippen LogP contribution in [0.3, 0.4) is 0 Å². The first kappa shape index (κ1) is 22.3. The Balaban J connectivity index is 1.49. The molecule has 0 unspecified atom stereocenters. The fourth-order valence-corrected chi connectivity index (χ4v) is 7.03. The molecule has 2 amide bonds. The second kappa shape index (κ2) is 8.56. The van der Waals surface area contributed by atoms with Gasteiger partial charge in [0.15, 0.2) is 10.0 Å². The van der Waals surface area contributed by atoms with E-state index < -0.39 is 29.2 Å². The van der Waals surface area contributed by atoms with Crippen molar-refractivity contribution in [3.63, 3.8) is 0 Å². The molecule has 2 N–H and O–H groups in total. The summed E-state index contributed by atoms with van der Waals surface area (Å²) >= 11 is 7.61. The number of thioether (sulfide) groups is 2. The average molecular weight is 545 g/mol. The van der Waals surface area contributed by atoms with E-state index in [1.54, 1.807) is 11.7 Å². The number of hydrogen-bond acceptors (Lipinski definition) is 9. The van der Waals surface area contributed by atoms with Crippen molar-refractivity contribution < 1.29 is 19.5 Å². The molecule has 2 aliphatic rings. The molecule has 1 fully saturated rings. The molecule has 164 valence electrons. The molecule has 2 aliphatic heterocycles. The lowest BCUT2D eigenvalue weighted by Crippen LogP contribution is -2.70. The summed E-state index contributed by atoms with van der Waals surface area (Å²) in [6, 6.07) is -0.805. The number of nitrogens with one attached hydrogen (secondary N) is 1. The van der Waals surface area contributed by atoms with Gasteiger partial charge < -0.3 is 10.4 Å². The van der Waals surface area contributed by atoms with Crippen LogP contribution in [0.15, 0.2) is 20.1 Å². The first-order chi connectivity index (χ1) is 14.7. The molecule has 31 heavy (non-hydrogen) atoms. The number of amides is 2. The Bertz CT molecular complexity index is 1130. The van der Waals surface area contributed by atoms with Gasteiger partial charge in [-0.1, -0.05) is 23.1 Å². The minimum atomic E-state index is -1.16. The lowest BCUT2D eigenvalue weighted by molar-refractivity contribution is -0.148. The third-order valence-electron chi connectivity index (χ3n) is 4.89. The molecule has 0 bridgehead atoms. The van der Waals surface area contributed by atoms with Crippen LogP contribution in [0.4, 0.5) is 0 Å². The highest BCUT2D eigenvalue weighted by Crippen LogP contribution is 2.42. The van der Waals surface area contributed by atoms with Crippen molar-refractivity contribution in [2.75, 3.05) is 11.5 Å². The standard InChI is InChI=1S/C17H17BrN6O4S3/c1-6-9(18)10(22-23(6)3)13(25)19-11-14(26)24-12(16(27)28)8(4-29-15(11)24)5-30-17-21-20-7(2)31-17/h11,15H,4-5H2,1-3H3,(H,19,25)(H,27,28)/t11-,15-/m1/s1. The molecule has 14 heteroatoms. The van der Waals surface area contributed by atoms with Crippen LogP contribution >= 0.6 is 50.8 Å². The summed E-state index contributed by atoms with van der Waals surface area (Å²) in [4.78, 5) is 38.7. The number of nitrogens with zero attached hydrogens (tertiary/aromatic N) is 5. The number of carboxylic acids is 1. The van der Waals surface area contributed by atoms with Gasteiger partial charge in [-0.2, -0.15) is 5.10 Å². The Kier molecular flexibility index (Phi) is 6.16. The summed E-state index contributed by atoms with van der Waals surface area (Å²) in [5, 5.41) is 25.0. The Morgan fingerprint density at radius 3 is 2.68 bits per heavy atom. The number of aryl methyl sites for hydroxylation is 2. The second-order valence-corrected chi connectivity index (χ2v) is 11.2. The maximum Gasteiger partial charge on any atom is 0.352 e. The molecule has 0 aromatic carbocycles. The van der Waals surface area contributed by atoms with Crippen LogP contribution in [0, 0.1) is 13.8 Å². The van der Waals surface area contributed by atoms with Crippen LogP contribution in [0.2, 0.25) is 0 Å². The van der Waals surface area contributed by atoms with Crippen LogP contribution in [0.1, 0.15) is 21.2 Å². The van der Waals surface area contributed by atoms with E-state index in [0.29, 0.717) is 21.6 Å². The number of fused-ring (bicyclic) bond motifs is 1. The highest BCUT2D eigenvalue weighted by molar-refractivity contribution is 9.10. The van der Waals surface area contributed by atoms with E-state index in [2.05, 4.69) is 36.5 Å². The van der Waals surface area contributed by atoms with Crippen LogP contribution < -0.4 is 5.32 Å². The summed E-state index contributed by atoms with van der Waals surface area (Å²) in [5.74, 6) is -1.24. The largest absolute Gasteiger partial charge is 0.477 e. The smallest absolute Gasteiger partial charge is 0.352 e. The Labute approximate surface area is 198 Å². The molecular formula is C17H17BrN6O4S3. The number of rotatable bonds is 6. The van der Waals surface area contributed by atoms with E-state index in [4.69, 9.17) is 0 Å². The predicted octanol–water partition coefficient (Wildman–Crippen LogP) is 1.80. The van der Waals surface area contributed by atoms with Gasteiger partial charge >= 0.3 is 5.97 Å². The lowest BCUT2D eigenvalue weighted by atomic mass is 10.0. The van der Waals surface area contributed by atoms with Gasteiger partial charge in [0.25, 0.3) is 11.8 Å². The summed E-state index contributed by atoms with van der Waals surface area (Å²) in [6.45, 7) is 3.66. The van der Waals surface area contributed by atoms with Crippen molar-refractivity contribution in [1.29, 1.82) is 0 Å². The molecule has 2 aromatic heterocycles. The molecule has 2 aromatic rings. The highest BCUT2D eigenvalue weighted by Gasteiger charge is 2.54. The Hall–Kier alpha value is -1.90. The third-order valence-corrected chi connectivity index (χ3v) is 9.24. The van der Waals surface area contributed by atoms with Gasteiger partial charge in [-0.15, -0.1) is 22.0 Å². The lowest BCUT2D eigenvalue weighted by Gasteiger charge is -2.49. The summed E-state index contributed by atoms with van der Waals surface area (Å²) in [6.07, 6.45) is 0. The monoisotopic (exact) mass is 544 g/mol. The zero-order chi connectivity index (χ0) is 22.4. The molecule has 0 radical (unpaired) electrons. The first-order valence-corrected chi connectivity index (χ1v) is 12.7. The van der Waals surface area contributed by atoms with Crippen molar-refractivity contribution >= 4 is 68.6 Å². The number of aromatic nitrogens is 4. The highest BCUT2D eigenvalue weighted by atomic mass is 79.9. The van der Waals surface area contributed by atoms with Crippen LogP contribution in [0.5, 0.6) is 0 Å². The average Bonchev–Trinajstić information content (AvgIpc) is 3.27. The number of halogens is 1. The van der Waals surface area contributed by atoms with Gasteiger partial charge in [-0.3, -0.25) is 19.2 Å². The van der Waals surface area contributed by atoms with E-state index in [1.165, 1.54) is 39.8 Å². The van der Waals surface area contributed by atoms with Crippen molar-refractivity contribution in [3.8, 4) is 0 Å². The number of β-lactam (4-membered cyclic amide) rings is 1. The van der Waals surface area contributed by atoms with Crippen molar-refractivity contribution in [1.82, 2.24) is 30.2 Å².